The van der Waals surface area contributed by atoms with Gasteiger partial charge < -0.3 is 5.73 Å². The minimum atomic E-state index is -3.31. The third-order valence-electron chi connectivity index (χ3n) is 1.74. The van der Waals surface area contributed by atoms with E-state index in [0.29, 0.717) is 6.54 Å². The molecule has 3 N–H and O–H groups in total. The summed E-state index contributed by atoms with van der Waals surface area (Å²) in [5.41, 5.74) is 6.29. The lowest BCUT2D eigenvalue weighted by Gasteiger charge is -2.02. The molecule has 1 aromatic rings. The molecule has 0 radical (unpaired) electrons. The monoisotopic (exact) mass is 230 g/mol. The van der Waals surface area contributed by atoms with Gasteiger partial charge >= 0.3 is 0 Å². The molecule has 4 nitrogen and oxygen atoms in total. The van der Waals surface area contributed by atoms with E-state index in [4.69, 9.17) is 5.73 Å². The Morgan fingerprint density at radius 3 is 2.00 bits per heavy atom. The van der Waals surface area contributed by atoms with Crippen LogP contribution in [0.25, 0.3) is 0 Å². The number of benzene rings is 1. The molecule has 0 unspecified atom stereocenters. The highest BCUT2D eigenvalue weighted by molar-refractivity contribution is 7.89. The highest BCUT2D eigenvalue weighted by atomic mass is 32.2. The van der Waals surface area contributed by atoms with Crippen molar-refractivity contribution in [2.45, 2.75) is 25.3 Å². The Balaban J connectivity index is 0.000000921. The predicted molar refractivity (Wildman–Crippen MR) is 61.9 cm³/mol. The third kappa shape index (κ3) is 3.99. The molecule has 0 aromatic heterocycles. The molecule has 86 valence electrons. The Kier molecular flexibility index (Phi) is 6.15. The summed E-state index contributed by atoms with van der Waals surface area (Å²) in [4.78, 5) is 0.257. The largest absolute Gasteiger partial charge is 0.326 e. The van der Waals surface area contributed by atoms with Crippen molar-refractivity contribution in [3.05, 3.63) is 29.8 Å². The quantitative estimate of drug-likeness (QED) is 0.816. The SMILES string of the molecule is CC.CNS(=O)(=O)c1ccc(CN)cc1. The number of rotatable bonds is 3. The number of sulfonamides is 1. The van der Waals surface area contributed by atoms with Crippen LogP contribution >= 0.6 is 0 Å². The topological polar surface area (TPSA) is 72.2 Å². The summed E-state index contributed by atoms with van der Waals surface area (Å²) < 4.78 is 24.8. The molecule has 5 heteroatoms. The zero-order chi connectivity index (χ0) is 11.9. The van der Waals surface area contributed by atoms with Crippen molar-refractivity contribution in [2.24, 2.45) is 5.73 Å². The number of nitrogens with one attached hydrogen (secondary N) is 1. The van der Waals surface area contributed by atoms with Crippen molar-refractivity contribution in [1.29, 1.82) is 0 Å². The molecule has 0 spiro atoms. The van der Waals surface area contributed by atoms with E-state index in [1.54, 1.807) is 12.1 Å². The molecule has 15 heavy (non-hydrogen) atoms. The van der Waals surface area contributed by atoms with Gasteiger partial charge in [-0.3, -0.25) is 0 Å². The lowest BCUT2D eigenvalue weighted by molar-refractivity contribution is 0.588. The smallest absolute Gasteiger partial charge is 0.240 e. The summed E-state index contributed by atoms with van der Waals surface area (Å²) in [7, 11) is -1.93. The van der Waals surface area contributed by atoms with Gasteiger partial charge in [-0.05, 0) is 24.7 Å². The zero-order valence-corrected chi connectivity index (χ0v) is 10.1. The molecule has 0 saturated heterocycles. The van der Waals surface area contributed by atoms with Crippen LogP contribution in [0.5, 0.6) is 0 Å². The van der Waals surface area contributed by atoms with Crippen LogP contribution in [0, 0.1) is 0 Å². The van der Waals surface area contributed by atoms with Crippen LogP contribution in [0.15, 0.2) is 29.2 Å². The van der Waals surface area contributed by atoms with Crippen LogP contribution < -0.4 is 10.5 Å². The van der Waals surface area contributed by atoms with Gasteiger partial charge in [-0.1, -0.05) is 26.0 Å². The van der Waals surface area contributed by atoms with E-state index in [1.165, 1.54) is 19.2 Å². The third-order valence-corrected chi connectivity index (χ3v) is 3.17. The summed E-state index contributed by atoms with van der Waals surface area (Å²) in [5, 5.41) is 0. The molecule has 0 aliphatic heterocycles. The van der Waals surface area contributed by atoms with Crippen molar-refractivity contribution in [3.8, 4) is 0 Å². The molecule has 0 saturated carbocycles. The van der Waals surface area contributed by atoms with Crippen molar-refractivity contribution in [2.75, 3.05) is 7.05 Å². The molecular weight excluding hydrogens is 212 g/mol. The van der Waals surface area contributed by atoms with Gasteiger partial charge in [0.2, 0.25) is 10.0 Å². The summed E-state index contributed by atoms with van der Waals surface area (Å²) >= 11 is 0. The van der Waals surface area contributed by atoms with Crippen LogP contribution in [-0.4, -0.2) is 15.5 Å². The standard InChI is InChI=1S/C8H12N2O2S.C2H6/c1-10-13(11,12)8-4-2-7(6-9)3-5-8;1-2/h2-5,10H,6,9H2,1H3;1-2H3. The van der Waals surface area contributed by atoms with Crippen molar-refractivity contribution < 1.29 is 8.42 Å². The van der Waals surface area contributed by atoms with Crippen molar-refractivity contribution >= 4 is 10.0 Å². The molecule has 0 aliphatic carbocycles. The van der Waals surface area contributed by atoms with Gasteiger partial charge in [0, 0.05) is 6.54 Å². The van der Waals surface area contributed by atoms with E-state index < -0.39 is 10.0 Å². The average Bonchev–Trinajstić information content (AvgIpc) is 2.32. The summed E-state index contributed by atoms with van der Waals surface area (Å²) in [5.74, 6) is 0. The second-order valence-electron chi connectivity index (χ2n) is 2.56. The van der Waals surface area contributed by atoms with Crippen molar-refractivity contribution in [3.63, 3.8) is 0 Å². The molecule has 0 amide bonds. The van der Waals surface area contributed by atoms with Crippen LogP contribution in [0.2, 0.25) is 0 Å². The first-order chi connectivity index (χ1) is 7.10. The molecule has 1 rings (SSSR count). The fraction of sp³-hybridized carbons (Fsp3) is 0.400. The van der Waals surface area contributed by atoms with Gasteiger partial charge in [-0.2, -0.15) is 0 Å². The van der Waals surface area contributed by atoms with Crippen molar-refractivity contribution in [1.82, 2.24) is 4.72 Å². The number of hydrogen-bond donors (Lipinski definition) is 2. The maximum Gasteiger partial charge on any atom is 0.240 e. The molecular formula is C10H18N2O2S. The fourth-order valence-corrected chi connectivity index (χ4v) is 1.65. The molecule has 0 bridgehead atoms. The second kappa shape index (κ2) is 6.55. The van der Waals surface area contributed by atoms with Crippen LogP contribution in [-0.2, 0) is 16.6 Å². The van der Waals surface area contributed by atoms with Gasteiger partial charge in [0.25, 0.3) is 0 Å². The first-order valence-corrected chi connectivity index (χ1v) is 6.31. The van der Waals surface area contributed by atoms with Gasteiger partial charge in [0.15, 0.2) is 0 Å². The minimum absolute atomic E-state index is 0.257. The predicted octanol–water partition coefficient (Wildman–Crippen LogP) is 1.08. The van der Waals surface area contributed by atoms with Gasteiger partial charge in [0.1, 0.15) is 0 Å². The van der Waals surface area contributed by atoms with Gasteiger partial charge in [0.05, 0.1) is 4.90 Å². The number of nitrogens with two attached hydrogens (primary N) is 1. The van der Waals surface area contributed by atoms with E-state index in [2.05, 4.69) is 4.72 Å². The van der Waals surface area contributed by atoms with Gasteiger partial charge in [-0.25, -0.2) is 13.1 Å². The van der Waals surface area contributed by atoms with E-state index in [9.17, 15) is 8.42 Å². The zero-order valence-electron chi connectivity index (χ0n) is 9.32. The van der Waals surface area contributed by atoms with Gasteiger partial charge in [-0.15, -0.1) is 0 Å². The fourth-order valence-electron chi connectivity index (χ4n) is 0.923. The van der Waals surface area contributed by atoms with E-state index in [1.807, 2.05) is 13.8 Å². The molecule has 1 aromatic carbocycles. The maximum atomic E-state index is 11.3. The second-order valence-corrected chi connectivity index (χ2v) is 4.44. The first kappa shape index (κ1) is 14.1. The van der Waals surface area contributed by atoms with Crippen LogP contribution in [0.3, 0.4) is 0 Å². The van der Waals surface area contributed by atoms with E-state index in [-0.39, 0.29) is 4.90 Å². The van der Waals surface area contributed by atoms with Crippen LogP contribution in [0.1, 0.15) is 19.4 Å². The lowest BCUT2D eigenvalue weighted by atomic mass is 10.2. The highest BCUT2D eigenvalue weighted by Gasteiger charge is 2.09. The average molecular weight is 230 g/mol. The summed E-state index contributed by atoms with van der Waals surface area (Å²) in [6.07, 6.45) is 0. The number of hydrogen-bond acceptors (Lipinski definition) is 3. The lowest BCUT2D eigenvalue weighted by Crippen LogP contribution is -2.18. The Hall–Kier alpha value is -0.910. The molecule has 0 atom stereocenters. The Morgan fingerprint density at radius 1 is 1.20 bits per heavy atom. The van der Waals surface area contributed by atoms with E-state index >= 15 is 0 Å². The summed E-state index contributed by atoms with van der Waals surface area (Å²) in [6, 6.07) is 6.47. The Labute approximate surface area is 91.5 Å². The Bertz CT molecular complexity index is 371. The van der Waals surface area contributed by atoms with Crippen LogP contribution in [0.4, 0.5) is 0 Å². The summed E-state index contributed by atoms with van der Waals surface area (Å²) in [6.45, 7) is 4.42. The highest BCUT2D eigenvalue weighted by Crippen LogP contribution is 2.09. The molecule has 0 aliphatic rings. The molecule has 0 heterocycles. The normalized spacial score (nSPS) is 10.4. The first-order valence-electron chi connectivity index (χ1n) is 4.82. The Morgan fingerprint density at radius 2 is 1.67 bits per heavy atom. The molecule has 0 fully saturated rings. The maximum absolute atomic E-state index is 11.3. The van der Waals surface area contributed by atoms with E-state index in [0.717, 1.165) is 5.56 Å². The minimum Gasteiger partial charge on any atom is -0.326 e.